The molecule has 4 heteroatoms. The monoisotopic (exact) mass is 279 g/mol. The van der Waals surface area contributed by atoms with Gasteiger partial charge in [0.1, 0.15) is 5.78 Å². The highest BCUT2D eigenvalue weighted by Gasteiger charge is 2.08. The van der Waals surface area contributed by atoms with E-state index in [0.29, 0.717) is 19.3 Å². The van der Waals surface area contributed by atoms with Gasteiger partial charge in [0.05, 0.1) is 0 Å². The Hall–Kier alpha value is -1.29. The van der Waals surface area contributed by atoms with Crippen molar-refractivity contribution >= 4 is 29.1 Å². The lowest BCUT2D eigenvalue weighted by Gasteiger charge is -2.07. The molecule has 1 N–H and O–H groups in total. The fourth-order valence-corrected chi connectivity index (χ4v) is 2.10. The van der Waals surface area contributed by atoms with Crippen LogP contribution in [0.3, 0.4) is 0 Å². The third-order valence-corrected chi connectivity index (χ3v) is 3.55. The van der Waals surface area contributed by atoms with Crippen LogP contribution in [0.4, 0.5) is 5.69 Å². The number of thioether (sulfide) groups is 1. The molecule has 0 aromatic heterocycles. The molecule has 104 valence electrons. The first-order valence-electron chi connectivity index (χ1n) is 6.49. The van der Waals surface area contributed by atoms with E-state index >= 15 is 0 Å². The number of nitrogens with one attached hydrogen (secondary N) is 1. The summed E-state index contributed by atoms with van der Waals surface area (Å²) in [5.41, 5.74) is 0.812. The SMILES string of the molecule is CSc1cccc(NC(=O)CCCC(=O)C(C)C)c1. The highest BCUT2D eigenvalue weighted by Crippen LogP contribution is 2.19. The van der Waals surface area contributed by atoms with E-state index in [9.17, 15) is 9.59 Å². The zero-order chi connectivity index (χ0) is 14.3. The second-order valence-corrected chi connectivity index (χ2v) is 5.63. The van der Waals surface area contributed by atoms with Crippen molar-refractivity contribution in [3.05, 3.63) is 24.3 Å². The molecular weight excluding hydrogens is 258 g/mol. The number of anilines is 1. The van der Waals surface area contributed by atoms with Crippen molar-refractivity contribution in [3.63, 3.8) is 0 Å². The number of ketones is 1. The predicted octanol–water partition coefficient (Wildman–Crippen LogP) is 3.74. The van der Waals surface area contributed by atoms with E-state index in [4.69, 9.17) is 0 Å². The molecule has 0 aliphatic heterocycles. The summed E-state index contributed by atoms with van der Waals surface area (Å²) in [6.07, 6.45) is 3.49. The molecule has 0 aliphatic rings. The predicted molar refractivity (Wildman–Crippen MR) is 80.5 cm³/mol. The molecule has 0 radical (unpaired) electrons. The van der Waals surface area contributed by atoms with Crippen LogP contribution >= 0.6 is 11.8 Å². The Kier molecular flexibility index (Phi) is 6.64. The molecule has 0 bridgehead atoms. The number of amides is 1. The number of hydrogen-bond acceptors (Lipinski definition) is 3. The van der Waals surface area contributed by atoms with Crippen molar-refractivity contribution in [1.29, 1.82) is 0 Å². The number of hydrogen-bond donors (Lipinski definition) is 1. The number of carbonyl (C=O) groups is 2. The molecule has 0 heterocycles. The van der Waals surface area contributed by atoms with Crippen molar-refractivity contribution < 1.29 is 9.59 Å². The third kappa shape index (κ3) is 5.92. The smallest absolute Gasteiger partial charge is 0.224 e. The summed E-state index contributed by atoms with van der Waals surface area (Å²) in [6, 6.07) is 7.74. The lowest BCUT2D eigenvalue weighted by molar-refractivity contribution is -0.122. The van der Waals surface area contributed by atoms with Gasteiger partial charge in [-0.1, -0.05) is 19.9 Å². The summed E-state index contributed by atoms with van der Waals surface area (Å²) >= 11 is 1.64. The lowest BCUT2D eigenvalue weighted by Crippen LogP contribution is -2.13. The first-order chi connectivity index (χ1) is 9.02. The molecule has 0 aliphatic carbocycles. The third-order valence-electron chi connectivity index (χ3n) is 2.82. The Morgan fingerprint density at radius 2 is 2.00 bits per heavy atom. The number of Topliss-reactive ketones (excluding diaryl/α,β-unsaturated/α-hetero) is 1. The van der Waals surface area contributed by atoms with Gasteiger partial charge in [0.25, 0.3) is 0 Å². The van der Waals surface area contributed by atoms with E-state index in [0.717, 1.165) is 10.6 Å². The molecule has 0 saturated heterocycles. The standard InChI is InChI=1S/C15H21NO2S/c1-11(2)14(17)8-5-9-15(18)16-12-6-4-7-13(10-12)19-3/h4,6-7,10-11H,5,8-9H2,1-3H3,(H,16,18). The molecule has 0 saturated carbocycles. The van der Waals surface area contributed by atoms with E-state index in [1.54, 1.807) is 11.8 Å². The molecule has 0 fully saturated rings. The van der Waals surface area contributed by atoms with Gasteiger partial charge in [-0.05, 0) is 30.9 Å². The van der Waals surface area contributed by atoms with Crippen molar-refractivity contribution in [2.45, 2.75) is 38.0 Å². The number of benzene rings is 1. The molecule has 19 heavy (non-hydrogen) atoms. The molecular formula is C15H21NO2S. The summed E-state index contributed by atoms with van der Waals surface area (Å²) in [4.78, 5) is 24.3. The van der Waals surface area contributed by atoms with Crippen LogP contribution in [0.2, 0.25) is 0 Å². The molecule has 1 amide bonds. The second kappa shape index (κ2) is 8.00. The second-order valence-electron chi connectivity index (χ2n) is 4.75. The Morgan fingerprint density at radius 3 is 2.63 bits per heavy atom. The Morgan fingerprint density at radius 1 is 1.26 bits per heavy atom. The van der Waals surface area contributed by atoms with Crippen LogP contribution in [0, 0.1) is 5.92 Å². The lowest BCUT2D eigenvalue weighted by atomic mass is 10.0. The molecule has 1 rings (SSSR count). The van der Waals surface area contributed by atoms with E-state index in [-0.39, 0.29) is 17.6 Å². The molecule has 0 atom stereocenters. The first-order valence-corrected chi connectivity index (χ1v) is 7.72. The molecule has 1 aromatic carbocycles. The maximum Gasteiger partial charge on any atom is 0.224 e. The topological polar surface area (TPSA) is 46.2 Å². The summed E-state index contributed by atoms with van der Waals surface area (Å²) in [6.45, 7) is 3.77. The highest BCUT2D eigenvalue weighted by atomic mass is 32.2. The van der Waals surface area contributed by atoms with Gasteiger partial charge in [0.15, 0.2) is 0 Å². The van der Waals surface area contributed by atoms with Crippen molar-refractivity contribution in [3.8, 4) is 0 Å². The Balaban J connectivity index is 2.36. The van der Waals surface area contributed by atoms with Gasteiger partial charge in [-0.15, -0.1) is 11.8 Å². The van der Waals surface area contributed by atoms with Gasteiger partial charge in [-0.25, -0.2) is 0 Å². The molecule has 1 aromatic rings. The Labute approximate surface area is 119 Å². The summed E-state index contributed by atoms with van der Waals surface area (Å²) in [7, 11) is 0. The molecule has 0 spiro atoms. The summed E-state index contributed by atoms with van der Waals surface area (Å²) in [5.74, 6) is 0.244. The van der Waals surface area contributed by atoms with E-state index in [2.05, 4.69) is 5.32 Å². The van der Waals surface area contributed by atoms with Crippen molar-refractivity contribution in [2.75, 3.05) is 11.6 Å². The van der Waals surface area contributed by atoms with Crippen molar-refractivity contribution in [1.82, 2.24) is 0 Å². The molecule has 3 nitrogen and oxygen atoms in total. The quantitative estimate of drug-likeness (QED) is 0.773. The number of rotatable bonds is 7. The summed E-state index contributed by atoms with van der Waals surface area (Å²) < 4.78 is 0. The minimum Gasteiger partial charge on any atom is -0.326 e. The van der Waals surface area contributed by atoms with Crippen LogP contribution in [0.5, 0.6) is 0 Å². The van der Waals surface area contributed by atoms with Crippen LogP contribution in [-0.4, -0.2) is 17.9 Å². The first kappa shape index (κ1) is 15.8. The zero-order valence-corrected chi connectivity index (χ0v) is 12.5. The van der Waals surface area contributed by atoms with Gasteiger partial charge in [-0.3, -0.25) is 9.59 Å². The minimum absolute atomic E-state index is 0.0326. The van der Waals surface area contributed by atoms with Gasteiger partial charge < -0.3 is 5.32 Å². The van der Waals surface area contributed by atoms with E-state index in [1.807, 2.05) is 44.4 Å². The van der Waals surface area contributed by atoms with Gasteiger partial charge in [-0.2, -0.15) is 0 Å². The van der Waals surface area contributed by atoms with Crippen molar-refractivity contribution in [2.24, 2.45) is 5.92 Å². The maximum absolute atomic E-state index is 11.7. The van der Waals surface area contributed by atoms with E-state index in [1.165, 1.54) is 0 Å². The average Bonchev–Trinajstić information content (AvgIpc) is 2.38. The largest absolute Gasteiger partial charge is 0.326 e. The van der Waals surface area contributed by atoms with Gasteiger partial charge in [0.2, 0.25) is 5.91 Å². The van der Waals surface area contributed by atoms with Gasteiger partial charge >= 0.3 is 0 Å². The van der Waals surface area contributed by atoms with Gasteiger partial charge in [0, 0.05) is 29.3 Å². The average molecular weight is 279 g/mol. The zero-order valence-electron chi connectivity index (χ0n) is 11.7. The van der Waals surface area contributed by atoms with Crippen LogP contribution in [-0.2, 0) is 9.59 Å². The van der Waals surface area contributed by atoms with E-state index < -0.39 is 0 Å². The summed E-state index contributed by atoms with van der Waals surface area (Å²) in [5, 5.41) is 2.86. The Bertz CT molecular complexity index is 444. The van der Waals surface area contributed by atoms with Crippen LogP contribution in [0.1, 0.15) is 33.1 Å². The fourth-order valence-electron chi connectivity index (χ4n) is 1.64. The highest BCUT2D eigenvalue weighted by molar-refractivity contribution is 7.98. The fraction of sp³-hybridized carbons (Fsp3) is 0.467. The van der Waals surface area contributed by atoms with Crippen LogP contribution in [0.25, 0.3) is 0 Å². The molecule has 0 unspecified atom stereocenters. The van der Waals surface area contributed by atoms with Crippen LogP contribution < -0.4 is 5.32 Å². The van der Waals surface area contributed by atoms with Crippen LogP contribution in [0.15, 0.2) is 29.2 Å². The normalized spacial score (nSPS) is 10.5. The maximum atomic E-state index is 11.7. The minimum atomic E-state index is -0.0326. The number of carbonyl (C=O) groups excluding carboxylic acids is 2.